The van der Waals surface area contributed by atoms with Crippen molar-refractivity contribution in [2.45, 2.75) is 0 Å². The van der Waals surface area contributed by atoms with E-state index in [9.17, 15) is 21.7 Å². The van der Waals surface area contributed by atoms with E-state index in [2.05, 4.69) is 0 Å². The molecule has 0 radical (unpaired) electrons. The van der Waals surface area contributed by atoms with Gasteiger partial charge in [0, 0.05) is 0 Å². The summed E-state index contributed by atoms with van der Waals surface area (Å²) in [6, 6.07) is 7.94. The van der Waals surface area contributed by atoms with Gasteiger partial charge in [0.15, 0.2) is 0 Å². The van der Waals surface area contributed by atoms with Crippen LogP contribution in [0.3, 0.4) is 0 Å². The summed E-state index contributed by atoms with van der Waals surface area (Å²) in [5, 5.41) is 11.0. The van der Waals surface area contributed by atoms with E-state index in [0.29, 0.717) is 0 Å². The largest absolute Gasteiger partial charge is 0.673 e. The van der Waals surface area contributed by atoms with Crippen LogP contribution in [0.15, 0.2) is 30.3 Å². The Morgan fingerprint density at radius 1 is 0.929 bits per heavy atom. The van der Waals surface area contributed by atoms with Gasteiger partial charge in [0.2, 0.25) is 5.39 Å². The number of hydrogen-bond acceptors (Lipinski definition) is 1. The number of hydrogen-bond donors (Lipinski definition) is 1. The molecule has 0 aliphatic carbocycles. The van der Waals surface area contributed by atoms with Gasteiger partial charge in [-0.3, -0.25) is 0 Å². The molecule has 0 saturated heterocycles. The molecule has 1 aromatic rings. The molecule has 14 heavy (non-hydrogen) atoms. The third-order valence-corrected chi connectivity index (χ3v) is 0.733. The van der Waals surface area contributed by atoms with Crippen LogP contribution in [0.1, 0.15) is 0 Å². The summed E-state index contributed by atoms with van der Waals surface area (Å²) in [5.74, 6) is -0.178. The number of nitrogens with one attached hydrogen (secondary N) is 1. The van der Waals surface area contributed by atoms with Gasteiger partial charge >= 0.3 is 7.25 Å². The highest BCUT2D eigenvalue weighted by atomic mass is 19.5. The van der Waals surface area contributed by atoms with E-state index in [1.165, 1.54) is 12.1 Å². The lowest BCUT2D eigenvalue weighted by atomic mass is 10.3. The number of rotatable bonds is 0. The summed E-state index contributed by atoms with van der Waals surface area (Å²) in [7, 11) is -6.00. The van der Waals surface area contributed by atoms with Crippen molar-refractivity contribution in [1.82, 2.24) is 0 Å². The molecule has 0 spiro atoms. The van der Waals surface area contributed by atoms with Gasteiger partial charge in [-0.25, -0.2) is 4.39 Å². The van der Waals surface area contributed by atoms with Crippen molar-refractivity contribution >= 4 is 7.25 Å². The quantitative estimate of drug-likeness (QED) is 0.394. The van der Waals surface area contributed by atoms with Crippen LogP contribution in [0.25, 0.3) is 0 Å². The van der Waals surface area contributed by atoms with Crippen molar-refractivity contribution in [2.24, 2.45) is 0 Å². The van der Waals surface area contributed by atoms with Crippen molar-refractivity contribution in [3.8, 4) is 0 Å². The van der Waals surface area contributed by atoms with Gasteiger partial charge in [-0.2, -0.15) is 0 Å². The van der Waals surface area contributed by atoms with Crippen molar-refractivity contribution in [2.75, 3.05) is 0 Å². The van der Waals surface area contributed by atoms with Gasteiger partial charge in [0.05, 0.1) is 5.39 Å². The topological polar surface area (TPSA) is 47.6 Å². The first-order valence-corrected chi connectivity index (χ1v) is 3.20. The molecule has 0 aromatic heterocycles. The third-order valence-electron chi connectivity index (χ3n) is 0.733. The summed E-state index contributed by atoms with van der Waals surface area (Å²) < 4.78 is 50.9. The molecular formula is C6H6BF5N2. The van der Waals surface area contributed by atoms with Crippen LogP contribution in [-0.2, 0) is 0 Å². The molecule has 1 N–H and O–H groups in total. The van der Waals surface area contributed by atoms with E-state index in [-0.39, 0.29) is 5.82 Å². The Hall–Kier alpha value is -1.65. The predicted octanol–water partition coefficient (Wildman–Crippen LogP) is 1.40. The van der Waals surface area contributed by atoms with Gasteiger partial charge in [-0.15, -0.1) is 0 Å². The minimum atomic E-state index is -6.00. The van der Waals surface area contributed by atoms with Crippen molar-refractivity contribution in [3.05, 3.63) is 36.1 Å². The average Bonchev–Trinajstić information content (AvgIpc) is 2.06. The highest BCUT2D eigenvalue weighted by molar-refractivity contribution is 6.50. The molecule has 0 aliphatic rings. The fraction of sp³-hybridized carbons (Fsp3) is 0. The van der Waals surface area contributed by atoms with Gasteiger partial charge in [0.1, 0.15) is 5.82 Å². The molecule has 78 valence electrons. The standard InChI is InChI=1S/C6H5F.BF4.N2/c7-6-4-2-1-3-5-6;2-1(3,4)5;1-2/h1-5H;;/q;-1;/p+1. The maximum Gasteiger partial charge on any atom is 0.673 e. The lowest BCUT2D eigenvalue weighted by Gasteiger charge is -1.94. The van der Waals surface area contributed by atoms with Crippen molar-refractivity contribution in [3.63, 3.8) is 0 Å². The van der Waals surface area contributed by atoms with Gasteiger partial charge in [-0.1, -0.05) is 18.2 Å². The van der Waals surface area contributed by atoms with Crippen LogP contribution >= 0.6 is 0 Å². The van der Waals surface area contributed by atoms with Crippen LogP contribution in [-0.4, -0.2) is 7.25 Å². The number of diazo groups is 1. The molecule has 0 atom stereocenters. The molecule has 1 rings (SSSR count). The first kappa shape index (κ1) is 14.9. The molecule has 0 heterocycles. The number of halogens is 5. The number of benzene rings is 1. The second-order valence-electron chi connectivity index (χ2n) is 1.79. The first-order valence-electron chi connectivity index (χ1n) is 3.20. The summed E-state index contributed by atoms with van der Waals surface area (Å²) in [4.78, 5) is 0. The minimum Gasteiger partial charge on any atom is -0.418 e. The zero-order chi connectivity index (χ0) is 11.6. The molecule has 0 fully saturated rings. The Morgan fingerprint density at radius 3 is 1.36 bits per heavy atom. The Labute approximate surface area is 76.9 Å². The maximum absolute atomic E-state index is 11.9. The van der Waals surface area contributed by atoms with Crippen LogP contribution in [0, 0.1) is 11.2 Å². The second-order valence-corrected chi connectivity index (χ2v) is 1.79. The van der Waals surface area contributed by atoms with Crippen molar-refractivity contribution < 1.29 is 27.0 Å². The van der Waals surface area contributed by atoms with E-state index in [1.807, 2.05) is 0 Å². The minimum absolute atomic E-state index is 0.178. The van der Waals surface area contributed by atoms with Crippen LogP contribution in [0.5, 0.6) is 0 Å². The second kappa shape index (κ2) is 7.98. The molecule has 8 heteroatoms. The third kappa shape index (κ3) is 22.4. The summed E-state index contributed by atoms with van der Waals surface area (Å²) in [6.07, 6.45) is 0. The lowest BCUT2D eigenvalue weighted by molar-refractivity contribution is -0.175. The van der Waals surface area contributed by atoms with E-state index in [4.69, 9.17) is 10.8 Å². The Balaban J connectivity index is 0. The van der Waals surface area contributed by atoms with Crippen LogP contribution < -0.4 is 5.39 Å². The molecule has 2 nitrogen and oxygen atoms in total. The van der Waals surface area contributed by atoms with Crippen LogP contribution in [0.4, 0.5) is 21.7 Å². The van der Waals surface area contributed by atoms with Gasteiger partial charge in [-0.05, 0) is 12.1 Å². The van der Waals surface area contributed by atoms with E-state index < -0.39 is 7.25 Å². The molecule has 0 unspecified atom stereocenters. The first-order chi connectivity index (χ1) is 6.39. The average molecular weight is 212 g/mol. The fourth-order valence-corrected chi connectivity index (χ4v) is 0.415. The van der Waals surface area contributed by atoms with E-state index in [1.54, 1.807) is 18.2 Å². The highest BCUT2D eigenvalue weighted by Gasteiger charge is 2.20. The fourth-order valence-electron chi connectivity index (χ4n) is 0.415. The predicted molar refractivity (Wildman–Crippen MR) is 39.3 cm³/mol. The van der Waals surface area contributed by atoms with Gasteiger partial charge in [0.25, 0.3) is 0 Å². The Morgan fingerprint density at radius 2 is 1.21 bits per heavy atom. The summed E-state index contributed by atoms with van der Waals surface area (Å²) in [5.41, 5.74) is 0. The monoisotopic (exact) mass is 212 g/mol. The summed E-state index contributed by atoms with van der Waals surface area (Å²) >= 11 is 0. The smallest absolute Gasteiger partial charge is 0.418 e. The number of nitrogens with zero attached hydrogens (tertiary/aromatic N) is 1. The molecule has 1 aromatic carbocycles. The maximum atomic E-state index is 11.9. The Kier molecular flexibility index (Phi) is 8.46. The molecule has 0 amide bonds. The van der Waals surface area contributed by atoms with Crippen LogP contribution in [0.2, 0.25) is 0 Å². The molecular weight excluding hydrogens is 206 g/mol. The molecule has 0 aliphatic heterocycles. The molecule has 0 saturated carbocycles. The van der Waals surface area contributed by atoms with Gasteiger partial charge < -0.3 is 17.3 Å². The SMILES string of the molecule is F[B-](F)(F)F.Fc1ccccc1.N#[NH+]. The van der Waals surface area contributed by atoms with E-state index in [0.717, 1.165) is 0 Å². The van der Waals surface area contributed by atoms with E-state index >= 15 is 0 Å². The summed E-state index contributed by atoms with van der Waals surface area (Å²) in [6.45, 7) is 0. The highest BCUT2D eigenvalue weighted by Crippen LogP contribution is 2.06. The zero-order valence-corrected chi connectivity index (χ0v) is 6.80. The molecule has 0 bridgehead atoms. The zero-order valence-electron chi connectivity index (χ0n) is 6.80. The lowest BCUT2D eigenvalue weighted by Crippen LogP contribution is -2.11. The Bertz CT molecular complexity index is 241. The normalized spacial score (nSPS) is 8.79. The van der Waals surface area contributed by atoms with Crippen molar-refractivity contribution in [1.29, 1.82) is 5.39 Å².